The lowest BCUT2D eigenvalue weighted by atomic mass is 9.75. The molecule has 2 aliphatic rings. The summed E-state index contributed by atoms with van der Waals surface area (Å²) >= 11 is 1.99. The van der Waals surface area contributed by atoms with Gasteiger partial charge in [0.05, 0.1) is 6.61 Å². The number of aryl methyl sites for hydroxylation is 1. The number of hydrogen-bond acceptors (Lipinski definition) is 3. The zero-order valence-electron chi connectivity index (χ0n) is 38.8. The van der Waals surface area contributed by atoms with Crippen LogP contribution in [0.1, 0.15) is 138 Å². The number of thioether (sulfide) groups is 1. The highest BCUT2D eigenvalue weighted by molar-refractivity contribution is 7.99. The summed E-state index contributed by atoms with van der Waals surface area (Å²) in [5, 5.41) is 9.20. The third-order valence-electron chi connectivity index (χ3n) is 10.2. The van der Waals surface area contributed by atoms with Crippen LogP contribution < -0.4 is 4.90 Å². The molecule has 0 spiro atoms. The van der Waals surface area contributed by atoms with Crippen LogP contribution in [0.15, 0.2) is 130 Å². The number of aliphatic hydroxyl groups is 1. The highest BCUT2D eigenvalue weighted by atomic mass is 32.2. The average molecular weight is 802 g/mol. The van der Waals surface area contributed by atoms with Crippen molar-refractivity contribution in [3.63, 3.8) is 0 Å². The Morgan fingerprint density at radius 3 is 1.64 bits per heavy atom. The van der Waals surface area contributed by atoms with Crippen molar-refractivity contribution in [3.8, 4) is 0 Å². The Morgan fingerprint density at radius 1 is 0.690 bits per heavy atom. The predicted molar refractivity (Wildman–Crippen MR) is 262 cm³/mol. The number of nitrogens with zero attached hydrogens (tertiary/aromatic N) is 1. The fourth-order valence-electron chi connectivity index (χ4n) is 7.42. The minimum absolute atomic E-state index is 0.181. The van der Waals surface area contributed by atoms with Crippen LogP contribution in [0.4, 0.5) is 5.69 Å². The van der Waals surface area contributed by atoms with Crippen LogP contribution >= 0.6 is 11.8 Å². The van der Waals surface area contributed by atoms with Gasteiger partial charge in [0.25, 0.3) is 0 Å². The lowest BCUT2D eigenvalue weighted by molar-refractivity contribution is 0.302. The van der Waals surface area contributed by atoms with Gasteiger partial charge in [0.15, 0.2) is 0 Å². The van der Waals surface area contributed by atoms with Gasteiger partial charge in [0, 0.05) is 23.7 Å². The zero-order chi connectivity index (χ0) is 43.0. The van der Waals surface area contributed by atoms with E-state index in [1.807, 2.05) is 11.8 Å². The molecule has 1 N–H and O–H groups in total. The molecular formula is C55H79NOS. The summed E-state index contributed by atoms with van der Waals surface area (Å²) in [5.41, 5.74) is 11.7. The Morgan fingerprint density at radius 2 is 1.19 bits per heavy atom. The summed E-state index contributed by atoms with van der Waals surface area (Å²) in [6.45, 7) is 31.2. The first-order chi connectivity index (χ1) is 27.2. The number of unbranched alkanes of at least 4 members (excludes halogenated alkanes) is 1. The van der Waals surface area contributed by atoms with Crippen molar-refractivity contribution < 1.29 is 5.11 Å². The molecule has 316 valence electrons. The van der Waals surface area contributed by atoms with Gasteiger partial charge in [0.2, 0.25) is 0 Å². The summed E-state index contributed by atoms with van der Waals surface area (Å²) < 4.78 is 0. The van der Waals surface area contributed by atoms with Crippen molar-refractivity contribution in [2.75, 3.05) is 30.3 Å². The molecule has 3 heteroatoms. The molecule has 0 bridgehead atoms. The first-order valence-electron chi connectivity index (χ1n) is 21.9. The van der Waals surface area contributed by atoms with Gasteiger partial charge in [-0.25, -0.2) is 0 Å². The van der Waals surface area contributed by atoms with Gasteiger partial charge < -0.3 is 10.0 Å². The van der Waals surface area contributed by atoms with E-state index >= 15 is 0 Å². The van der Waals surface area contributed by atoms with Crippen LogP contribution in [0, 0.1) is 28.6 Å². The maximum atomic E-state index is 9.20. The van der Waals surface area contributed by atoms with Crippen molar-refractivity contribution in [1.29, 1.82) is 0 Å². The fraction of sp³-hybridized carbons (Fsp3) is 0.491. The van der Waals surface area contributed by atoms with Gasteiger partial charge >= 0.3 is 0 Å². The van der Waals surface area contributed by atoms with Crippen LogP contribution in [-0.4, -0.2) is 30.6 Å². The molecule has 2 aromatic rings. The van der Waals surface area contributed by atoms with Crippen molar-refractivity contribution >= 4 is 29.6 Å². The van der Waals surface area contributed by atoms with Crippen LogP contribution in [0.3, 0.4) is 0 Å². The molecule has 0 aliphatic heterocycles. The number of allylic oxidation sites excluding steroid dienone is 14. The smallest absolute Gasteiger partial charge is 0.0606 e. The minimum Gasteiger partial charge on any atom is -0.395 e. The van der Waals surface area contributed by atoms with E-state index in [1.54, 1.807) is 0 Å². The van der Waals surface area contributed by atoms with Crippen molar-refractivity contribution in [3.05, 3.63) is 142 Å². The molecule has 0 unspecified atom stereocenters. The highest BCUT2D eigenvalue weighted by Gasteiger charge is 2.25. The SMILES string of the molecule is CCCCSc1ccc(/C=C/C2=CC(=C/C=C/C(C)(C)C)/CC(C)(C)C2)cc1C.CCN(CCO)c1ccc(/C=C/C2=CC(=C/C=C/C(C)(C)C)/CC(C)(C)C2)cc1. The van der Waals surface area contributed by atoms with E-state index in [0.29, 0.717) is 12.0 Å². The molecule has 0 fully saturated rings. The lowest BCUT2D eigenvalue weighted by Gasteiger charge is -2.30. The Bertz CT molecular complexity index is 1840. The molecule has 0 amide bonds. The van der Waals surface area contributed by atoms with E-state index < -0.39 is 0 Å². The van der Waals surface area contributed by atoms with Crippen molar-refractivity contribution in [2.45, 2.75) is 133 Å². The van der Waals surface area contributed by atoms with Gasteiger partial charge in [-0.3, -0.25) is 0 Å². The number of anilines is 1. The van der Waals surface area contributed by atoms with E-state index in [2.05, 4.69) is 210 Å². The second-order valence-corrected chi connectivity index (χ2v) is 21.3. The molecule has 0 atom stereocenters. The van der Waals surface area contributed by atoms with Gasteiger partial charge in [-0.15, -0.1) is 11.8 Å². The third-order valence-corrected chi connectivity index (χ3v) is 11.5. The maximum Gasteiger partial charge on any atom is 0.0606 e. The molecule has 0 aromatic heterocycles. The van der Waals surface area contributed by atoms with Gasteiger partial charge in [-0.1, -0.05) is 180 Å². The van der Waals surface area contributed by atoms with E-state index in [9.17, 15) is 5.11 Å². The standard InChI is InChI=1S/C28H40S.C27H39NO/c1-8-9-17-29-26-15-14-23(18-22(26)2)12-13-25-19-24(20-28(6,7)21-25)11-10-16-27(3,4)5;1-7-28(17-18-29)25-14-12-22(13-15-25)10-11-24-19-23(20-27(5,6)21-24)9-8-16-26(2,3)4/h10-16,18-19H,8-9,17,20-21H2,1-7H3;8-16,19,29H,7,17-18,20-21H2,1-6H3/b13-12+,16-10+,24-11-;11-10+,16-8+,23-9-. The number of hydrogen-bond donors (Lipinski definition) is 1. The number of rotatable bonds is 14. The predicted octanol–water partition coefficient (Wildman–Crippen LogP) is 16.0. The largest absolute Gasteiger partial charge is 0.395 e. The molecule has 2 nitrogen and oxygen atoms in total. The Kier molecular flexibility index (Phi) is 19.1. The number of likely N-dealkylation sites (N-methyl/N-ethyl adjacent to an activating group) is 1. The molecule has 0 saturated carbocycles. The van der Waals surface area contributed by atoms with Crippen LogP contribution in [0.5, 0.6) is 0 Å². The quantitative estimate of drug-likeness (QED) is 0.152. The van der Waals surface area contributed by atoms with Crippen molar-refractivity contribution in [1.82, 2.24) is 0 Å². The summed E-state index contributed by atoms with van der Waals surface area (Å²) in [6.07, 6.45) is 34.4. The average Bonchev–Trinajstić information content (AvgIpc) is 3.11. The molecule has 2 aromatic carbocycles. The second-order valence-electron chi connectivity index (χ2n) is 20.2. The summed E-state index contributed by atoms with van der Waals surface area (Å²) in [6, 6.07) is 15.5. The minimum atomic E-state index is 0.181. The molecule has 0 saturated heterocycles. The summed E-state index contributed by atoms with van der Waals surface area (Å²) in [4.78, 5) is 3.60. The summed E-state index contributed by atoms with van der Waals surface area (Å²) in [7, 11) is 0. The zero-order valence-corrected chi connectivity index (χ0v) is 39.7. The van der Waals surface area contributed by atoms with Crippen molar-refractivity contribution in [2.24, 2.45) is 21.7 Å². The van der Waals surface area contributed by atoms with Crippen LogP contribution in [0.25, 0.3) is 12.2 Å². The first kappa shape index (κ1) is 48.8. The Balaban J connectivity index is 0.000000310. The maximum absolute atomic E-state index is 9.20. The topological polar surface area (TPSA) is 23.5 Å². The van der Waals surface area contributed by atoms with Crippen LogP contribution in [-0.2, 0) is 0 Å². The third kappa shape index (κ3) is 19.0. The fourth-order valence-corrected chi connectivity index (χ4v) is 8.53. The molecule has 0 radical (unpaired) electrons. The molecular weight excluding hydrogens is 723 g/mol. The Labute approximate surface area is 360 Å². The van der Waals surface area contributed by atoms with E-state index in [1.165, 1.54) is 62.5 Å². The second kappa shape index (κ2) is 22.7. The Hall–Kier alpha value is -3.53. The van der Waals surface area contributed by atoms with Gasteiger partial charge in [-0.2, -0.15) is 0 Å². The number of aliphatic hydroxyl groups excluding tert-OH is 1. The van der Waals surface area contributed by atoms with Crippen LogP contribution in [0.2, 0.25) is 0 Å². The monoisotopic (exact) mass is 802 g/mol. The van der Waals surface area contributed by atoms with Gasteiger partial charge in [0.1, 0.15) is 0 Å². The lowest BCUT2D eigenvalue weighted by Crippen LogP contribution is -2.25. The normalized spacial score (nSPS) is 18.7. The van der Waals surface area contributed by atoms with E-state index in [0.717, 1.165) is 37.9 Å². The van der Waals surface area contributed by atoms with E-state index in [4.69, 9.17) is 0 Å². The summed E-state index contributed by atoms with van der Waals surface area (Å²) in [5.74, 6) is 1.22. The number of benzene rings is 2. The first-order valence-corrected chi connectivity index (χ1v) is 22.9. The molecule has 2 aliphatic carbocycles. The van der Waals surface area contributed by atoms with Gasteiger partial charge in [-0.05, 0) is 131 Å². The molecule has 0 heterocycles. The molecule has 4 rings (SSSR count). The van der Waals surface area contributed by atoms with E-state index in [-0.39, 0.29) is 22.9 Å². The highest BCUT2D eigenvalue weighted by Crippen LogP contribution is 2.40. The molecule has 58 heavy (non-hydrogen) atoms.